The molecule has 1 N–H and O–H groups in total. The van der Waals surface area contributed by atoms with Gasteiger partial charge in [0, 0.05) is 18.6 Å². The first-order valence-electron chi connectivity index (χ1n) is 2.61. The van der Waals surface area contributed by atoms with Crippen LogP contribution < -0.4 is 0 Å². The Hall–Kier alpha value is -0.970. The summed E-state index contributed by atoms with van der Waals surface area (Å²) in [6.45, 7) is 0. The Morgan fingerprint density at radius 3 is 2.30 bits per heavy atom. The van der Waals surface area contributed by atoms with Gasteiger partial charge in [-0.1, -0.05) is 0 Å². The maximum Gasteiger partial charge on any atom is 0.226 e. The van der Waals surface area contributed by atoms with E-state index in [1.807, 2.05) is 0 Å². The second-order valence-electron chi connectivity index (χ2n) is 1.88. The van der Waals surface area contributed by atoms with E-state index in [1.165, 1.54) is 18.6 Å². The molecule has 1 aromatic rings. The number of nitrogens with zero attached hydrogens (tertiary/aromatic N) is 2. The first-order valence-corrected chi connectivity index (χ1v) is 4.58. The van der Waals surface area contributed by atoms with E-state index in [0.717, 1.165) is 0 Å². The molecule has 0 aliphatic heterocycles. The Morgan fingerprint density at radius 1 is 1.50 bits per heavy atom. The van der Waals surface area contributed by atoms with E-state index in [2.05, 4.69) is 9.97 Å². The van der Waals surface area contributed by atoms with Crippen molar-refractivity contribution in [3.63, 3.8) is 0 Å². The van der Waals surface area contributed by atoms with Crippen LogP contribution in [0.15, 0.2) is 23.6 Å². The lowest BCUT2D eigenvalue weighted by Crippen LogP contribution is -2.00. The summed E-state index contributed by atoms with van der Waals surface area (Å²) in [7, 11) is -2.73. The van der Waals surface area contributed by atoms with Gasteiger partial charge in [0.1, 0.15) is 9.73 Å². The molecule has 0 amide bonds. The lowest BCUT2D eigenvalue weighted by atomic mass is 10.7. The molecule has 0 bridgehead atoms. The third-order valence-electron chi connectivity index (χ3n) is 0.890. The molecule has 0 aliphatic carbocycles. The van der Waals surface area contributed by atoms with Gasteiger partial charge in [0.25, 0.3) is 0 Å². The van der Waals surface area contributed by atoms with Crippen molar-refractivity contribution in [3.8, 4) is 0 Å². The van der Waals surface area contributed by atoms with Crippen LogP contribution in [0.4, 0.5) is 0 Å². The van der Waals surface area contributed by atoms with Gasteiger partial charge in [0.15, 0.2) is 0 Å². The van der Waals surface area contributed by atoms with Gasteiger partial charge >= 0.3 is 0 Å². The smallest absolute Gasteiger partial charge is 0.226 e. The van der Waals surface area contributed by atoms with Crippen LogP contribution in [0.2, 0.25) is 0 Å². The van der Waals surface area contributed by atoms with Crippen molar-refractivity contribution < 1.29 is 4.21 Å². The van der Waals surface area contributed by atoms with Gasteiger partial charge in [-0.25, -0.2) is 19.0 Å². The monoisotopic (exact) mass is 157 g/mol. The molecule has 0 aliphatic rings. The van der Waals surface area contributed by atoms with E-state index in [0.29, 0.717) is 0 Å². The molecule has 54 valence electrons. The van der Waals surface area contributed by atoms with Crippen molar-refractivity contribution >= 4 is 9.73 Å². The second kappa shape index (κ2) is 2.34. The second-order valence-corrected chi connectivity index (χ2v) is 3.93. The standard InChI is InChI=1S/C5H7N3OS/c1-10(6,9)5-7-3-2-4-8-5/h2-4,6H,1H3/t10-/m0/s1. The van der Waals surface area contributed by atoms with Gasteiger partial charge in [-0.2, -0.15) is 0 Å². The van der Waals surface area contributed by atoms with Crippen LogP contribution in [0.3, 0.4) is 0 Å². The van der Waals surface area contributed by atoms with E-state index in [9.17, 15) is 4.21 Å². The number of rotatable bonds is 1. The molecule has 1 aromatic heterocycles. The van der Waals surface area contributed by atoms with Crippen molar-refractivity contribution in [2.75, 3.05) is 6.26 Å². The van der Waals surface area contributed by atoms with E-state index in [-0.39, 0.29) is 5.16 Å². The summed E-state index contributed by atoms with van der Waals surface area (Å²) in [5, 5.41) is 0.0926. The quantitative estimate of drug-likeness (QED) is 0.604. The Morgan fingerprint density at radius 2 is 2.00 bits per heavy atom. The van der Waals surface area contributed by atoms with Crippen molar-refractivity contribution in [3.05, 3.63) is 18.5 Å². The molecule has 4 nitrogen and oxygen atoms in total. The normalized spacial score (nSPS) is 16.1. The molecule has 0 unspecified atom stereocenters. The molecule has 1 atom stereocenters. The molecule has 1 heterocycles. The van der Waals surface area contributed by atoms with Gasteiger partial charge in [0.05, 0.1) is 0 Å². The number of hydrogen-bond donors (Lipinski definition) is 1. The van der Waals surface area contributed by atoms with Crippen molar-refractivity contribution in [2.45, 2.75) is 5.16 Å². The fourth-order valence-electron chi connectivity index (χ4n) is 0.487. The summed E-state index contributed by atoms with van der Waals surface area (Å²) >= 11 is 0. The van der Waals surface area contributed by atoms with Crippen LogP contribution in [0.25, 0.3) is 0 Å². The SMILES string of the molecule is C[S@](=N)(=O)c1ncccn1. The van der Waals surface area contributed by atoms with Crippen LogP contribution in [-0.4, -0.2) is 20.4 Å². The summed E-state index contributed by atoms with van der Waals surface area (Å²) < 4.78 is 18.0. The molecule has 10 heavy (non-hydrogen) atoms. The van der Waals surface area contributed by atoms with Crippen molar-refractivity contribution in [1.29, 1.82) is 4.78 Å². The Kier molecular flexibility index (Phi) is 1.67. The van der Waals surface area contributed by atoms with Crippen LogP contribution in [-0.2, 0) is 9.73 Å². The minimum atomic E-state index is -2.73. The van der Waals surface area contributed by atoms with Crippen LogP contribution >= 0.6 is 0 Å². The predicted octanol–water partition coefficient (Wildman–Crippen LogP) is 0.512. The zero-order chi connectivity index (χ0) is 7.61. The molecule has 0 spiro atoms. The summed E-state index contributed by atoms with van der Waals surface area (Å²) in [6, 6.07) is 1.62. The zero-order valence-electron chi connectivity index (χ0n) is 5.44. The molecule has 5 heteroatoms. The molecular formula is C5H7N3OS. The maximum absolute atomic E-state index is 10.9. The van der Waals surface area contributed by atoms with Crippen molar-refractivity contribution in [1.82, 2.24) is 9.97 Å². The number of nitrogens with one attached hydrogen (secondary N) is 1. The molecule has 1 rings (SSSR count). The van der Waals surface area contributed by atoms with Gasteiger partial charge in [-0.3, -0.25) is 0 Å². The van der Waals surface area contributed by atoms with Gasteiger partial charge in [0.2, 0.25) is 5.16 Å². The van der Waals surface area contributed by atoms with E-state index < -0.39 is 9.73 Å². The highest BCUT2D eigenvalue weighted by Gasteiger charge is 2.02. The lowest BCUT2D eigenvalue weighted by molar-refractivity contribution is 0.671. The molecule has 0 radical (unpaired) electrons. The fourth-order valence-corrected chi connectivity index (χ4v) is 1.01. The van der Waals surface area contributed by atoms with Crippen LogP contribution in [0.5, 0.6) is 0 Å². The Balaban J connectivity index is 3.22. The molecule has 0 saturated heterocycles. The molecule has 0 saturated carbocycles. The average molecular weight is 157 g/mol. The minimum absolute atomic E-state index is 0.0926. The van der Waals surface area contributed by atoms with Gasteiger partial charge in [-0.15, -0.1) is 0 Å². The van der Waals surface area contributed by atoms with E-state index in [1.54, 1.807) is 6.07 Å². The predicted molar refractivity (Wildman–Crippen MR) is 37.1 cm³/mol. The third kappa shape index (κ3) is 1.51. The van der Waals surface area contributed by atoms with E-state index >= 15 is 0 Å². The van der Waals surface area contributed by atoms with E-state index in [4.69, 9.17) is 4.78 Å². The lowest BCUT2D eigenvalue weighted by Gasteiger charge is -1.94. The summed E-state index contributed by atoms with van der Waals surface area (Å²) in [5.74, 6) is 0. The summed E-state index contributed by atoms with van der Waals surface area (Å²) in [6.07, 6.45) is 4.24. The molecule has 0 fully saturated rings. The largest absolute Gasteiger partial charge is 0.246 e. The number of aromatic nitrogens is 2. The van der Waals surface area contributed by atoms with Gasteiger partial charge < -0.3 is 0 Å². The van der Waals surface area contributed by atoms with Crippen LogP contribution in [0.1, 0.15) is 0 Å². The number of hydrogen-bond acceptors (Lipinski definition) is 4. The first-order chi connectivity index (χ1) is 4.61. The molecule has 0 aromatic carbocycles. The van der Waals surface area contributed by atoms with Gasteiger partial charge in [-0.05, 0) is 6.07 Å². The summed E-state index contributed by atoms with van der Waals surface area (Å²) in [5.41, 5.74) is 0. The molecular weight excluding hydrogens is 150 g/mol. The van der Waals surface area contributed by atoms with Crippen LogP contribution in [0, 0.1) is 4.78 Å². The zero-order valence-corrected chi connectivity index (χ0v) is 6.26. The van der Waals surface area contributed by atoms with Crippen molar-refractivity contribution in [2.24, 2.45) is 0 Å². The topological polar surface area (TPSA) is 66.7 Å². The third-order valence-corrected chi connectivity index (χ3v) is 1.80. The minimum Gasteiger partial charge on any atom is -0.246 e. The highest BCUT2D eigenvalue weighted by Crippen LogP contribution is 1.97. The Bertz CT molecular complexity index is 305. The fraction of sp³-hybridized carbons (Fsp3) is 0.200. The highest BCUT2D eigenvalue weighted by atomic mass is 32.2. The maximum atomic E-state index is 10.9. The average Bonchev–Trinajstić information content (AvgIpc) is 1.88. The first kappa shape index (κ1) is 7.14. The Labute approximate surface area is 59.3 Å². The highest BCUT2D eigenvalue weighted by molar-refractivity contribution is 7.91. The summed E-state index contributed by atoms with van der Waals surface area (Å²) in [4.78, 5) is 7.35.